The molecule has 1 aromatic heterocycles. The first kappa shape index (κ1) is 15.2. The maximum Gasteiger partial charge on any atom is 0.133 e. The zero-order chi connectivity index (χ0) is 16.4. The molecule has 0 spiro atoms. The molecule has 0 amide bonds. The van der Waals surface area contributed by atoms with Crippen LogP contribution >= 0.6 is 0 Å². The molecular formula is C19H16F2N2. The zero-order valence-electron chi connectivity index (χ0n) is 12.9. The second-order valence-electron chi connectivity index (χ2n) is 5.29. The fraction of sp³-hybridized carbons (Fsp3) is 0.105. The second kappa shape index (κ2) is 6.16. The fourth-order valence-corrected chi connectivity index (χ4v) is 2.57. The summed E-state index contributed by atoms with van der Waals surface area (Å²) in [6.45, 7) is 1.98. The summed E-state index contributed by atoms with van der Waals surface area (Å²) in [6.07, 6.45) is 0. The molecule has 116 valence electrons. The van der Waals surface area contributed by atoms with Crippen LogP contribution in [0.3, 0.4) is 0 Å². The number of anilines is 1. The molecule has 0 bridgehead atoms. The number of nitrogens with zero attached hydrogens (tertiary/aromatic N) is 1. The maximum atomic E-state index is 14.1. The van der Waals surface area contributed by atoms with E-state index in [0.717, 1.165) is 11.1 Å². The first-order valence-corrected chi connectivity index (χ1v) is 7.30. The quantitative estimate of drug-likeness (QED) is 0.732. The van der Waals surface area contributed by atoms with Crippen molar-refractivity contribution in [1.29, 1.82) is 0 Å². The number of hydrogen-bond acceptors (Lipinski definition) is 2. The molecule has 4 heteroatoms. The van der Waals surface area contributed by atoms with Gasteiger partial charge >= 0.3 is 0 Å². The minimum Gasteiger partial charge on any atom is -0.373 e. The van der Waals surface area contributed by atoms with Gasteiger partial charge in [0.25, 0.3) is 0 Å². The van der Waals surface area contributed by atoms with Crippen molar-refractivity contribution in [1.82, 2.24) is 4.98 Å². The average molecular weight is 310 g/mol. The van der Waals surface area contributed by atoms with Gasteiger partial charge in [0.1, 0.15) is 17.5 Å². The van der Waals surface area contributed by atoms with E-state index in [1.54, 1.807) is 19.2 Å². The van der Waals surface area contributed by atoms with Crippen LogP contribution in [-0.4, -0.2) is 12.0 Å². The summed E-state index contributed by atoms with van der Waals surface area (Å²) >= 11 is 0. The van der Waals surface area contributed by atoms with E-state index >= 15 is 0 Å². The molecule has 2 aromatic carbocycles. The van der Waals surface area contributed by atoms with Crippen LogP contribution in [0.15, 0.2) is 54.6 Å². The number of aryl methyl sites for hydroxylation is 1. The topological polar surface area (TPSA) is 24.9 Å². The molecule has 1 N–H and O–H groups in total. The molecule has 0 radical (unpaired) electrons. The van der Waals surface area contributed by atoms with Crippen LogP contribution in [0.5, 0.6) is 0 Å². The van der Waals surface area contributed by atoms with E-state index in [4.69, 9.17) is 0 Å². The second-order valence-corrected chi connectivity index (χ2v) is 5.29. The monoisotopic (exact) mass is 310 g/mol. The minimum atomic E-state index is -0.589. The Morgan fingerprint density at radius 1 is 0.913 bits per heavy atom. The average Bonchev–Trinajstić information content (AvgIpc) is 2.55. The van der Waals surface area contributed by atoms with Gasteiger partial charge in [-0.1, -0.05) is 30.3 Å². The van der Waals surface area contributed by atoms with Crippen molar-refractivity contribution in [2.45, 2.75) is 6.92 Å². The SMILES string of the molecule is CNc1cc(-c2c(F)cccc2F)cc(-c2ccccc2C)n1. The highest BCUT2D eigenvalue weighted by molar-refractivity contribution is 5.75. The Hall–Kier alpha value is -2.75. The van der Waals surface area contributed by atoms with Crippen molar-refractivity contribution >= 4 is 5.82 Å². The summed E-state index contributed by atoms with van der Waals surface area (Å²) in [7, 11) is 1.73. The summed E-state index contributed by atoms with van der Waals surface area (Å²) in [6, 6.07) is 15.0. The van der Waals surface area contributed by atoms with Gasteiger partial charge in [0.15, 0.2) is 0 Å². The predicted octanol–water partition coefficient (Wildman–Crippen LogP) is 5.04. The van der Waals surface area contributed by atoms with Crippen LogP contribution in [0, 0.1) is 18.6 Å². The smallest absolute Gasteiger partial charge is 0.133 e. The highest BCUT2D eigenvalue weighted by Gasteiger charge is 2.14. The van der Waals surface area contributed by atoms with Gasteiger partial charge in [-0.3, -0.25) is 0 Å². The molecule has 0 fully saturated rings. The van der Waals surface area contributed by atoms with Crippen LogP contribution in [0.25, 0.3) is 22.4 Å². The van der Waals surface area contributed by atoms with Crippen molar-refractivity contribution in [3.63, 3.8) is 0 Å². The molecular weight excluding hydrogens is 294 g/mol. The largest absolute Gasteiger partial charge is 0.373 e. The van der Waals surface area contributed by atoms with E-state index in [2.05, 4.69) is 10.3 Å². The summed E-state index contributed by atoms with van der Waals surface area (Å²) in [5.41, 5.74) is 3.07. The first-order valence-electron chi connectivity index (χ1n) is 7.30. The van der Waals surface area contributed by atoms with E-state index in [0.29, 0.717) is 17.1 Å². The Balaban J connectivity index is 2.24. The van der Waals surface area contributed by atoms with Gasteiger partial charge in [0, 0.05) is 12.6 Å². The lowest BCUT2D eigenvalue weighted by Gasteiger charge is -2.12. The number of hydrogen-bond donors (Lipinski definition) is 1. The summed E-state index contributed by atoms with van der Waals surface area (Å²) < 4.78 is 28.2. The zero-order valence-corrected chi connectivity index (χ0v) is 12.9. The van der Waals surface area contributed by atoms with Gasteiger partial charge in [-0.15, -0.1) is 0 Å². The predicted molar refractivity (Wildman–Crippen MR) is 89.3 cm³/mol. The molecule has 3 aromatic rings. The fourth-order valence-electron chi connectivity index (χ4n) is 2.57. The van der Waals surface area contributed by atoms with Crippen molar-refractivity contribution in [2.75, 3.05) is 12.4 Å². The van der Waals surface area contributed by atoms with E-state index in [1.165, 1.54) is 18.2 Å². The number of halogens is 2. The molecule has 23 heavy (non-hydrogen) atoms. The number of benzene rings is 2. The van der Waals surface area contributed by atoms with Gasteiger partial charge < -0.3 is 5.32 Å². The lowest BCUT2D eigenvalue weighted by molar-refractivity contribution is 0.589. The Morgan fingerprint density at radius 3 is 2.26 bits per heavy atom. The Kier molecular flexibility index (Phi) is 4.06. The van der Waals surface area contributed by atoms with Crippen molar-refractivity contribution in [3.05, 3.63) is 71.8 Å². The molecule has 1 heterocycles. The van der Waals surface area contributed by atoms with Gasteiger partial charge in [-0.25, -0.2) is 13.8 Å². The molecule has 2 nitrogen and oxygen atoms in total. The number of rotatable bonds is 3. The van der Waals surface area contributed by atoms with E-state index in [9.17, 15) is 8.78 Å². The third-order valence-electron chi connectivity index (χ3n) is 3.75. The highest BCUT2D eigenvalue weighted by atomic mass is 19.1. The van der Waals surface area contributed by atoms with Crippen molar-refractivity contribution in [2.24, 2.45) is 0 Å². The van der Waals surface area contributed by atoms with E-state index < -0.39 is 11.6 Å². The van der Waals surface area contributed by atoms with Crippen molar-refractivity contribution in [3.8, 4) is 22.4 Å². The van der Waals surface area contributed by atoms with Crippen LogP contribution < -0.4 is 5.32 Å². The van der Waals surface area contributed by atoms with Crippen LogP contribution in [0.4, 0.5) is 14.6 Å². The molecule has 0 aliphatic heterocycles. The van der Waals surface area contributed by atoms with Crippen molar-refractivity contribution < 1.29 is 8.78 Å². The minimum absolute atomic E-state index is 0.0405. The molecule has 0 saturated carbocycles. The van der Waals surface area contributed by atoms with Gasteiger partial charge in [-0.05, 0) is 42.3 Å². The number of nitrogens with one attached hydrogen (secondary N) is 1. The summed E-state index contributed by atoms with van der Waals surface area (Å²) in [5, 5.41) is 2.95. The lowest BCUT2D eigenvalue weighted by Crippen LogP contribution is -1.98. The molecule has 0 atom stereocenters. The van der Waals surface area contributed by atoms with Gasteiger partial charge in [-0.2, -0.15) is 0 Å². The Bertz CT molecular complexity index is 839. The van der Waals surface area contributed by atoms with Crippen LogP contribution in [0.1, 0.15) is 5.56 Å². The number of aromatic nitrogens is 1. The van der Waals surface area contributed by atoms with Gasteiger partial charge in [0.2, 0.25) is 0 Å². The molecule has 3 rings (SSSR count). The van der Waals surface area contributed by atoms with Crippen LogP contribution in [0.2, 0.25) is 0 Å². The summed E-state index contributed by atoms with van der Waals surface area (Å²) in [4.78, 5) is 4.51. The Morgan fingerprint density at radius 2 is 1.61 bits per heavy atom. The molecule has 0 saturated heterocycles. The maximum absolute atomic E-state index is 14.1. The third-order valence-corrected chi connectivity index (χ3v) is 3.75. The molecule has 0 unspecified atom stereocenters. The molecule has 0 aliphatic rings. The van der Waals surface area contributed by atoms with E-state index in [-0.39, 0.29) is 5.56 Å². The van der Waals surface area contributed by atoms with Gasteiger partial charge in [0.05, 0.1) is 11.3 Å². The normalized spacial score (nSPS) is 10.6. The Labute approximate surface area is 133 Å². The highest BCUT2D eigenvalue weighted by Crippen LogP contribution is 2.32. The summed E-state index contributed by atoms with van der Waals surface area (Å²) in [5.74, 6) is -0.619. The standard InChI is InChI=1S/C19H16F2N2/c1-12-6-3-4-7-14(12)17-10-13(11-18(22-2)23-17)19-15(20)8-5-9-16(19)21/h3-11H,1-2H3,(H,22,23). The van der Waals surface area contributed by atoms with Crippen LogP contribution in [-0.2, 0) is 0 Å². The van der Waals surface area contributed by atoms with E-state index in [1.807, 2.05) is 31.2 Å². The first-order chi connectivity index (χ1) is 11.1. The molecule has 0 aliphatic carbocycles. The lowest BCUT2D eigenvalue weighted by atomic mass is 10.00. The third kappa shape index (κ3) is 2.93. The number of pyridine rings is 1.